The third-order valence-electron chi connectivity index (χ3n) is 4.30. The fourth-order valence-corrected chi connectivity index (χ4v) is 2.86. The Morgan fingerprint density at radius 1 is 1.11 bits per heavy atom. The fourth-order valence-electron chi connectivity index (χ4n) is 2.86. The average Bonchev–Trinajstić information content (AvgIpc) is 2.70. The van der Waals surface area contributed by atoms with E-state index >= 15 is 0 Å². The lowest BCUT2D eigenvalue weighted by molar-refractivity contribution is 0.414. The smallest absolute Gasteiger partial charge is 0.251 e. The van der Waals surface area contributed by atoms with Gasteiger partial charge in [-0.1, -0.05) is 24.3 Å². The molecule has 2 aromatic carbocycles. The minimum absolute atomic E-state index is 0.595. The molecule has 0 aliphatic rings. The van der Waals surface area contributed by atoms with Crippen LogP contribution in [0.4, 0.5) is 17.5 Å². The number of hydrogen-bond acceptors (Lipinski definition) is 6. The Morgan fingerprint density at radius 3 is 2.63 bits per heavy atom. The van der Waals surface area contributed by atoms with Crippen LogP contribution < -0.4 is 15.0 Å². The van der Waals surface area contributed by atoms with Crippen LogP contribution in [-0.4, -0.2) is 35.4 Å². The maximum absolute atomic E-state index is 5.19. The molecular weight excluding hydrogens is 338 g/mol. The molecule has 1 N–H and O–H groups in total. The van der Waals surface area contributed by atoms with Crippen LogP contribution in [0.25, 0.3) is 0 Å². The van der Waals surface area contributed by atoms with E-state index in [0.29, 0.717) is 5.95 Å². The second-order valence-corrected chi connectivity index (χ2v) is 6.25. The zero-order valence-electron chi connectivity index (χ0n) is 16.0. The molecule has 3 aromatic rings. The molecule has 0 aliphatic carbocycles. The molecule has 6 nitrogen and oxygen atoms in total. The molecule has 3 rings (SSSR count). The highest BCUT2D eigenvalue weighted by Crippen LogP contribution is 2.23. The first kappa shape index (κ1) is 18.6. The van der Waals surface area contributed by atoms with Gasteiger partial charge in [0.15, 0.2) is 5.82 Å². The van der Waals surface area contributed by atoms with Crippen molar-refractivity contribution in [2.75, 3.05) is 30.4 Å². The number of benzene rings is 2. The van der Waals surface area contributed by atoms with Gasteiger partial charge in [0.05, 0.1) is 13.3 Å². The molecule has 140 valence electrons. The Morgan fingerprint density at radius 2 is 1.93 bits per heavy atom. The average molecular weight is 363 g/mol. The summed E-state index contributed by atoms with van der Waals surface area (Å²) in [6.07, 6.45) is 2.54. The van der Waals surface area contributed by atoms with E-state index < -0.39 is 0 Å². The molecule has 6 heteroatoms. The van der Waals surface area contributed by atoms with Gasteiger partial charge in [-0.2, -0.15) is 10.1 Å². The summed E-state index contributed by atoms with van der Waals surface area (Å²) in [5, 5.41) is 11.7. The van der Waals surface area contributed by atoms with Gasteiger partial charge in [0.1, 0.15) is 5.75 Å². The van der Waals surface area contributed by atoms with Crippen LogP contribution in [0.2, 0.25) is 0 Å². The highest BCUT2D eigenvalue weighted by atomic mass is 16.5. The fraction of sp³-hybridized carbons (Fsp3) is 0.286. The molecule has 0 radical (unpaired) electrons. The molecule has 0 fully saturated rings. The monoisotopic (exact) mass is 363 g/mol. The van der Waals surface area contributed by atoms with Gasteiger partial charge in [-0.05, 0) is 55.7 Å². The minimum Gasteiger partial charge on any atom is -0.497 e. The van der Waals surface area contributed by atoms with Gasteiger partial charge in [-0.3, -0.25) is 0 Å². The standard InChI is InChI=1S/C21H25N5O/c1-4-26(18-7-5-6-16(2)14-18)21-24-20(15-23-25-21)22-13-12-17-8-10-19(27-3)11-9-17/h5-11,14-15H,4,12-13H2,1-3H3,(H,22,24,25). The summed E-state index contributed by atoms with van der Waals surface area (Å²) < 4.78 is 5.19. The molecule has 0 saturated heterocycles. The molecule has 0 bridgehead atoms. The van der Waals surface area contributed by atoms with Gasteiger partial charge in [-0.25, -0.2) is 0 Å². The predicted molar refractivity (Wildman–Crippen MR) is 109 cm³/mol. The number of aryl methyl sites for hydroxylation is 1. The zero-order valence-corrected chi connectivity index (χ0v) is 16.0. The Labute approximate surface area is 160 Å². The Hall–Kier alpha value is -3.15. The van der Waals surface area contributed by atoms with E-state index in [1.165, 1.54) is 11.1 Å². The number of aromatic nitrogens is 3. The summed E-state index contributed by atoms with van der Waals surface area (Å²) in [4.78, 5) is 6.68. The van der Waals surface area contributed by atoms with E-state index in [9.17, 15) is 0 Å². The van der Waals surface area contributed by atoms with Crippen molar-refractivity contribution in [3.63, 3.8) is 0 Å². The van der Waals surface area contributed by atoms with E-state index in [0.717, 1.165) is 36.8 Å². The number of nitrogens with zero attached hydrogens (tertiary/aromatic N) is 4. The molecule has 0 unspecified atom stereocenters. The van der Waals surface area contributed by atoms with E-state index in [-0.39, 0.29) is 0 Å². The van der Waals surface area contributed by atoms with E-state index in [4.69, 9.17) is 4.74 Å². The van der Waals surface area contributed by atoms with Crippen molar-refractivity contribution in [3.05, 3.63) is 65.9 Å². The maximum Gasteiger partial charge on any atom is 0.251 e. The van der Waals surface area contributed by atoms with Gasteiger partial charge in [0.25, 0.3) is 5.95 Å². The first-order valence-electron chi connectivity index (χ1n) is 9.10. The second kappa shape index (κ2) is 8.98. The lowest BCUT2D eigenvalue weighted by Gasteiger charge is -2.21. The molecular formula is C21H25N5O. The second-order valence-electron chi connectivity index (χ2n) is 6.25. The lowest BCUT2D eigenvalue weighted by atomic mass is 10.1. The summed E-state index contributed by atoms with van der Waals surface area (Å²) >= 11 is 0. The van der Waals surface area contributed by atoms with Crippen LogP contribution in [-0.2, 0) is 6.42 Å². The quantitative estimate of drug-likeness (QED) is 0.653. The van der Waals surface area contributed by atoms with Gasteiger partial charge in [-0.15, -0.1) is 5.10 Å². The summed E-state index contributed by atoms with van der Waals surface area (Å²) in [5.41, 5.74) is 3.50. The van der Waals surface area contributed by atoms with Crippen LogP contribution in [0.5, 0.6) is 5.75 Å². The molecule has 1 heterocycles. The largest absolute Gasteiger partial charge is 0.497 e. The van der Waals surface area contributed by atoms with Crippen molar-refractivity contribution in [1.82, 2.24) is 15.2 Å². The van der Waals surface area contributed by atoms with Crippen LogP contribution >= 0.6 is 0 Å². The molecule has 0 spiro atoms. The van der Waals surface area contributed by atoms with Gasteiger partial charge in [0.2, 0.25) is 0 Å². The van der Waals surface area contributed by atoms with E-state index in [1.54, 1.807) is 13.3 Å². The first-order valence-corrected chi connectivity index (χ1v) is 9.10. The molecule has 0 aliphatic heterocycles. The molecule has 27 heavy (non-hydrogen) atoms. The third kappa shape index (κ3) is 4.94. The van der Waals surface area contributed by atoms with Crippen LogP contribution in [0.3, 0.4) is 0 Å². The summed E-state index contributed by atoms with van der Waals surface area (Å²) in [6.45, 7) is 5.69. The number of hydrogen-bond donors (Lipinski definition) is 1. The predicted octanol–water partition coefficient (Wildman–Crippen LogP) is 4.00. The number of rotatable bonds is 8. The van der Waals surface area contributed by atoms with E-state index in [1.807, 2.05) is 18.2 Å². The Balaban J connectivity index is 1.65. The van der Waals surface area contributed by atoms with Crippen molar-refractivity contribution in [1.29, 1.82) is 0 Å². The first-order chi connectivity index (χ1) is 13.2. The zero-order chi connectivity index (χ0) is 19.1. The van der Waals surface area contributed by atoms with Crippen LogP contribution in [0.1, 0.15) is 18.1 Å². The SMILES string of the molecule is CCN(c1cccc(C)c1)c1nncc(NCCc2ccc(OC)cc2)n1. The highest BCUT2D eigenvalue weighted by Gasteiger charge is 2.11. The summed E-state index contributed by atoms with van der Waals surface area (Å²) in [7, 11) is 1.67. The van der Waals surface area contributed by atoms with Gasteiger partial charge >= 0.3 is 0 Å². The molecule has 0 atom stereocenters. The normalized spacial score (nSPS) is 10.5. The minimum atomic E-state index is 0.595. The topological polar surface area (TPSA) is 63.2 Å². The number of nitrogens with one attached hydrogen (secondary N) is 1. The molecule has 0 saturated carbocycles. The van der Waals surface area contributed by atoms with Crippen molar-refractivity contribution in [2.24, 2.45) is 0 Å². The van der Waals surface area contributed by atoms with Crippen LogP contribution in [0.15, 0.2) is 54.7 Å². The maximum atomic E-state index is 5.19. The molecule has 0 amide bonds. The molecule has 1 aromatic heterocycles. The third-order valence-corrected chi connectivity index (χ3v) is 4.30. The number of ether oxygens (including phenoxy) is 1. The lowest BCUT2D eigenvalue weighted by Crippen LogP contribution is -2.20. The Kier molecular flexibility index (Phi) is 6.20. The van der Waals surface area contributed by atoms with Gasteiger partial charge in [0, 0.05) is 18.8 Å². The van der Waals surface area contributed by atoms with Crippen molar-refractivity contribution >= 4 is 17.5 Å². The summed E-state index contributed by atoms with van der Waals surface area (Å²) in [5.74, 6) is 2.18. The number of anilines is 3. The van der Waals surface area contributed by atoms with Gasteiger partial charge < -0.3 is 15.0 Å². The summed E-state index contributed by atoms with van der Waals surface area (Å²) in [6, 6.07) is 16.4. The van der Waals surface area contributed by atoms with Crippen molar-refractivity contribution in [3.8, 4) is 5.75 Å². The van der Waals surface area contributed by atoms with Crippen molar-refractivity contribution < 1.29 is 4.74 Å². The van der Waals surface area contributed by atoms with Crippen molar-refractivity contribution in [2.45, 2.75) is 20.3 Å². The van der Waals surface area contributed by atoms with E-state index in [2.05, 4.69) is 69.6 Å². The highest BCUT2D eigenvalue weighted by molar-refractivity contribution is 5.58. The van der Waals surface area contributed by atoms with Crippen LogP contribution in [0, 0.1) is 6.92 Å². The number of methoxy groups -OCH3 is 1. The Bertz CT molecular complexity index is 866.